The molecule has 3 heterocycles. The Morgan fingerprint density at radius 1 is 0.956 bits per heavy atom. The minimum absolute atomic E-state index is 0.0403. The van der Waals surface area contributed by atoms with Gasteiger partial charge in [0.05, 0.1) is 24.1 Å². The number of hydrogen-bond acceptors (Lipinski definition) is 9. The molecule has 0 radical (unpaired) electrons. The standard InChI is InChI=1S/C33H31FN6O4S/c1-19-8-14-24(15-9-19)45(42,43)40-18-26(25-16-23(34)17-35-31(25)40)30-37-29(22-6-4-3-5-7-22)38-33(39-30)36-28-21-12-10-20(11-13-21)27(28)32(41)44-2/h3-9,14-18,20-21,27-28H,10-13H2,1-2H3,(H,36,37,38,39). The van der Waals surface area contributed by atoms with Crippen molar-refractivity contribution in [1.82, 2.24) is 23.9 Å². The highest BCUT2D eigenvalue weighted by Gasteiger charge is 2.48. The Labute approximate surface area is 259 Å². The number of methoxy groups -OCH3 is 1. The lowest BCUT2D eigenvalue weighted by Gasteiger charge is -2.47. The van der Waals surface area contributed by atoms with Crippen LogP contribution in [0.1, 0.15) is 31.2 Å². The number of benzene rings is 2. The summed E-state index contributed by atoms with van der Waals surface area (Å²) in [6.45, 7) is 1.87. The lowest BCUT2D eigenvalue weighted by atomic mass is 9.61. The Balaban J connectivity index is 1.39. The summed E-state index contributed by atoms with van der Waals surface area (Å²) in [4.78, 5) is 31.4. The smallest absolute Gasteiger partial charge is 0.311 e. The molecule has 0 amide bonds. The Morgan fingerprint density at radius 2 is 1.64 bits per heavy atom. The van der Waals surface area contributed by atoms with Gasteiger partial charge in [-0.05, 0) is 62.6 Å². The second-order valence-electron chi connectivity index (χ2n) is 11.7. The van der Waals surface area contributed by atoms with Crippen LogP contribution in [0.2, 0.25) is 0 Å². The zero-order chi connectivity index (χ0) is 31.3. The van der Waals surface area contributed by atoms with E-state index in [9.17, 15) is 17.6 Å². The van der Waals surface area contributed by atoms with Crippen LogP contribution in [-0.2, 0) is 19.6 Å². The van der Waals surface area contributed by atoms with Crippen molar-refractivity contribution in [2.45, 2.75) is 43.5 Å². The first-order valence-corrected chi connectivity index (χ1v) is 16.3. The number of esters is 1. The zero-order valence-corrected chi connectivity index (χ0v) is 25.5. The molecule has 8 rings (SSSR count). The van der Waals surface area contributed by atoms with Crippen LogP contribution in [0.3, 0.4) is 0 Å². The fourth-order valence-corrected chi connectivity index (χ4v) is 8.12. The van der Waals surface area contributed by atoms with Crippen molar-refractivity contribution in [1.29, 1.82) is 0 Å². The first kappa shape index (κ1) is 29.0. The van der Waals surface area contributed by atoms with Gasteiger partial charge in [-0.1, -0.05) is 48.0 Å². The molecule has 230 valence electrons. The molecule has 0 spiro atoms. The first-order valence-electron chi connectivity index (χ1n) is 14.9. The van der Waals surface area contributed by atoms with E-state index in [0.29, 0.717) is 11.4 Å². The number of hydrogen-bond donors (Lipinski definition) is 1. The number of carbonyl (C=O) groups excluding carboxylic acids is 1. The normalized spacial score (nSPS) is 21.1. The van der Waals surface area contributed by atoms with Crippen LogP contribution in [0.5, 0.6) is 0 Å². The molecule has 12 heteroatoms. The molecule has 2 atom stereocenters. The van der Waals surface area contributed by atoms with E-state index >= 15 is 0 Å². The molecule has 45 heavy (non-hydrogen) atoms. The number of carbonyl (C=O) groups is 1. The van der Waals surface area contributed by atoms with Crippen molar-refractivity contribution >= 4 is 33.0 Å². The first-order chi connectivity index (χ1) is 21.7. The van der Waals surface area contributed by atoms with Crippen LogP contribution >= 0.6 is 0 Å². The average molecular weight is 627 g/mol. The maximum atomic E-state index is 14.6. The van der Waals surface area contributed by atoms with Crippen LogP contribution in [0.25, 0.3) is 33.8 Å². The molecule has 2 aromatic carbocycles. The van der Waals surface area contributed by atoms with Gasteiger partial charge in [-0.2, -0.15) is 9.97 Å². The number of nitrogens with zero attached hydrogens (tertiary/aromatic N) is 5. The third kappa shape index (κ3) is 5.22. The Bertz CT molecular complexity index is 2010. The highest BCUT2D eigenvalue weighted by Crippen LogP contribution is 2.46. The molecule has 1 N–H and O–H groups in total. The van der Waals surface area contributed by atoms with Crippen LogP contribution in [0.15, 0.2) is 78.0 Å². The van der Waals surface area contributed by atoms with E-state index in [4.69, 9.17) is 19.7 Å². The summed E-state index contributed by atoms with van der Waals surface area (Å²) in [5.74, 6) is -0.0927. The van der Waals surface area contributed by atoms with Crippen molar-refractivity contribution in [3.63, 3.8) is 0 Å². The van der Waals surface area contributed by atoms with Gasteiger partial charge in [-0.3, -0.25) is 4.79 Å². The van der Waals surface area contributed by atoms with E-state index in [2.05, 4.69) is 10.3 Å². The molecule has 3 fully saturated rings. The molecule has 0 aliphatic heterocycles. The number of halogens is 1. The Kier molecular flexibility index (Phi) is 7.31. The molecule has 2 bridgehead atoms. The van der Waals surface area contributed by atoms with E-state index in [1.54, 1.807) is 12.1 Å². The van der Waals surface area contributed by atoms with Gasteiger partial charge in [0.1, 0.15) is 5.82 Å². The van der Waals surface area contributed by atoms with Crippen LogP contribution in [-0.4, -0.2) is 51.4 Å². The number of fused-ring (bicyclic) bond motifs is 4. The maximum Gasteiger partial charge on any atom is 0.311 e. The summed E-state index contributed by atoms with van der Waals surface area (Å²) in [6, 6.07) is 16.8. The third-order valence-electron chi connectivity index (χ3n) is 9.05. The van der Waals surface area contributed by atoms with E-state index in [1.165, 1.54) is 31.5 Å². The highest BCUT2D eigenvalue weighted by molar-refractivity contribution is 7.90. The van der Waals surface area contributed by atoms with Crippen molar-refractivity contribution < 1.29 is 22.3 Å². The molecule has 5 aromatic rings. The highest BCUT2D eigenvalue weighted by atomic mass is 32.2. The maximum absolute atomic E-state index is 14.6. The largest absolute Gasteiger partial charge is 0.469 e. The number of aryl methyl sites for hydroxylation is 1. The number of nitrogens with one attached hydrogen (secondary N) is 1. The molecular weight excluding hydrogens is 595 g/mol. The van der Waals surface area contributed by atoms with Gasteiger partial charge in [0, 0.05) is 28.8 Å². The number of anilines is 1. The second-order valence-corrected chi connectivity index (χ2v) is 13.6. The Morgan fingerprint density at radius 3 is 2.36 bits per heavy atom. The summed E-state index contributed by atoms with van der Waals surface area (Å²) < 4.78 is 48.5. The van der Waals surface area contributed by atoms with Crippen LogP contribution in [0.4, 0.5) is 10.3 Å². The van der Waals surface area contributed by atoms with Gasteiger partial charge in [-0.25, -0.2) is 26.7 Å². The van der Waals surface area contributed by atoms with E-state index in [0.717, 1.165) is 41.4 Å². The minimum atomic E-state index is -4.11. The topological polar surface area (TPSA) is 129 Å². The summed E-state index contributed by atoms with van der Waals surface area (Å²) in [5.41, 5.74) is 1.93. The second kappa shape index (κ2) is 11.3. The quantitative estimate of drug-likeness (QED) is 0.229. The van der Waals surface area contributed by atoms with Gasteiger partial charge in [0.2, 0.25) is 5.95 Å². The SMILES string of the molecule is COC(=O)C1C2CCC(CC2)C1Nc1nc(-c2ccccc2)nc(-c2cn(S(=O)(=O)c3ccc(C)cc3)c3ncc(F)cc23)n1. The molecule has 0 saturated heterocycles. The number of ether oxygens (including phenoxy) is 1. The molecular formula is C33H31FN6O4S. The molecule has 3 saturated carbocycles. The van der Waals surface area contributed by atoms with Gasteiger partial charge >= 0.3 is 5.97 Å². The van der Waals surface area contributed by atoms with Crippen molar-refractivity contribution in [2.24, 2.45) is 17.8 Å². The predicted octanol–water partition coefficient (Wildman–Crippen LogP) is 5.63. The summed E-state index contributed by atoms with van der Waals surface area (Å²) in [7, 11) is -2.70. The van der Waals surface area contributed by atoms with Gasteiger partial charge in [0.25, 0.3) is 10.0 Å². The predicted molar refractivity (Wildman–Crippen MR) is 166 cm³/mol. The summed E-state index contributed by atoms with van der Waals surface area (Å²) in [6.07, 6.45) is 6.25. The Hall–Kier alpha value is -4.71. The number of aromatic nitrogens is 5. The van der Waals surface area contributed by atoms with Gasteiger partial charge in [0.15, 0.2) is 17.3 Å². The lowest BCUT2D eigenvalue weighted by Crippen LogP contribution is -2.52. The molecule has 3 aromatic heterocycles. The zero-order valence-electron chi connectivity index (χ0n) is 24.7. The number of pyridine rings is 1. The van der Waals surface area contributed by atoms with Crippen molar-refractivity contribution in [2.75, 3.05) is 12.4 Å². The van der Waals surface area contributed by atoms with Crippen molar-refractivity contribution in [3.05, 3.63) is 84.4 Å². The monoisotopic (exact) mass is 626 g/mol. The molecule has 3 aliphatic rings. The fraction of sp³-hybridized carbons (Fsp3) is 0.303. The molecule has 3 aliphatic carbocycles. The van der Waals surface area contributed by atoms with Crippen molar-refractivity contribution in [3.8, 4) is 22.8 Å². The fourth-order valence-electron chi connectivity index (χ4n) is 6.80. The van der Waals surface area contributed by atoms with Gasteiger partial charge < -0.3 is 10.1 Å². The average Bonchev–Trinajstić information content (AvgIpc) is 3.45. The third-order valence-corrected chi connectivity index (χ3v) is 10.7. The molecule has 2 unspecified atom stereocenters. The van der Waals surface area contributed by atoms with E-state index in [-0.39, 0.29) is 63.0 Å². The van der Waals surface area contributed by atoms with Crippen LogP contribution < -0.4 is 5.32 Å². The summed E-state index contributed by atoms with van der Waals surface area (Å²) in [5, 5.41) is 3.68. The molecule has 10 nitrogen and oxygen atoms in total. The van der Waals surface area contributed by atoms with E-state index < -0.39 is 15.8 Å². The van der Waals surface area contributed by atoms with Crippen LogP contribution in [0, 0.1) is 30.5 Å². The lowest BCUT2D eigenvalue weighted by molar-refractivity contribution is -0.152. The number of rotatable bonds is 7. The van der Waals surface area contributed by atoms with E-state index in [1.807, 2.05) is 37.3 Å². The summed E-state index contributed by atoms with van der Waals surface area (Å²) >= 11 is 0. The minimum Gasteiger partial charge on any atom is -0.469 e. The van der Waals surface area contributed by atoms with Gasteiger partial charge in [-0.15, -0.1) is 0 Å².